The molecule has 0 radical (unpaired) electrons. The van der Waals surface area contributed by atoms with Crippen LogP contribution >= 0.6 is 0 Å². The zero-order valence-electron chi connectivity index (χ0n) is 18.0. The van der Waals surface area contributed by atoms with Gasteiger partial charge in [0.1, 0.15) is 17.1 Å². The van der Waals surface area contributed by atoms with E-state index in [2.05, 4.69) is 41.5 Å². The molecule has 0 aromatic heterocycles. The third-order valence-electron chi connectivity index (χ3n) is 3.82. The van der Waals surface area contributed by atoms with Crippen molar-refractivity contribution in [2.45, 2.75) is 78.7 Å². The first kappa shape index (κ1) is 22.1. The second kappa shape index (κ2) is 8.16. The molecule has 0 amide bonds. The lowest BCUT2D eigenvalue weighted by atomic mass is 9.80. The van der Waals surface area contributed by atoms with Gasteiger partial charge in [0, 0.05) is 0 Å². The zero-order valence-corrected chi connectivity index (χ0v) is 18.0. The fraction of sp³-hybridized carbons (Fsp3) is 0.500. The van der Waals surface area contributed by atoms with E-state index in [0.29, 0.717) is 5.75 Å². The number of phenolic OH excluding ortho intramolecular Hbond substituents is 1. The lowest BCUT2D eigenvalue weighted by Gasteiger charge is -2.26. The van der Waals surface area contributed by atoms with E-state index in [9.17, 15) is 5.11 Å². The van der Waals surface area contributed by atoms with Crippen LogP contribution in [0.3, 0.4) is 0 Å². The summed E-state index contributed by atoms with van der Waals surface area (Å²) in [7, 11) is 0. The second-order valence-electron chi connectivity index (χ2n) is 9.73. The Morgan fingerprint density at radius 1 is 0.615 bits per heavy atom. The maximum absolute atomic E-state index is 10.3. The zero-order chi connectivity index (χ0) is 20.2. The van der Waals surface area contributed by atoms with Gasteiger partial charge >= 0.3 is 0 Å². The number of hydrogen-bond donors (Lipinski definition) is 1. The summed E-state index contributed by atoms with van der Waals surface area (Å²) >= 11 is 0. The first-order valence-corrected chi connectivity index (χ1v) is 9.29. The number of ether oxygens (including phenoxy) is 1. The van der Waals surface area contributed by atoms with Crippen molar-refractivity contribution in [2.75, 3.05) is 0 Å². The van der Waals surface area contributed by atoms with Crippen molar-refractivity contribution >= 4 is 0 Å². The highest BCUT2D eigenvalue weighted by Gasteiger charge is 2.24. The van der Waals surface area contributed by atoms with E-state index in [1.54, 1.807) is 0 Å². The summed E-state index contributed by atoms with van der Waals surface area (Å²) in [6.45, 7) is 18.8. The monoisotopic (exact) mass is 356 g/mol. The number of hydrogen-bond acceptors (Lipinski definition) is 2. The molecule has 0 aliphatic carbocycles. The van der Waals surface area contributed by atoms with Gasteiger partial charge in [0.2, 0.25) is 0 Å². The quantitative estimate of drug-likeness (QED) is 0.605. The Kier molecular flexibility index (Phi) is 6.93. The van der Waals surface area contributed by atoms with E-state index in [1.165, 1.54) is 0 Å². The minimum Gasteiger partial charge on any atom is -0.507 e. The highest BCUT2D eigenvalue weighted by Crippen LogP contribution is 2.38. The Hall–Kier alpha value is -1.96. The molecule has 0 unspecified atom stereocenters. The predicted octanol–water partition coefficient (Wildman–Crippen LogP) is 6.85. The molecule has 2 nitrogen and oxygen atoms in total. The second-order valence-corrected chi connectivity index (χ2v) is 9.73. The number of aromatic hydroxyl groups is 1. The molecule has 2 aromatic carbocycles. The molecule has 0 aliphatic rings. The summed E-state index contributed by atoms with van der Waals surface area (Å²) in [5.74, 6) is 1.39. The van der Waals surface area contributed by atoms with Crippen LogP contribution in [0, 0.1) is 0 Å². The molecule has 0 saturated carbocycles. The van der Waals surface area contributed by atoms with Crippen LogP contribution in [0.1, 0.15) is 73.4 Å². The number of phenols is 1. The minimum atomic E-state index is -0.0959. The topological polar surface area (TPSA) is 29.5 Å². The van der Waals surface area contributed by atoms with E-state index in [1.807, 2.05) is 69.3 Å². The molecule has 0 heterocycles. The molecule has 0 fully saturated rings. The predicted molar refractivity (Wildman–Crippen MR) is 112 cm³/mol. The summed E-state index contributed by atoms with van der Waals surface area (Å²) in [5.41, 5.74) is 1.93. The van der Waals surface area contributed by atoms with Gasteiger partial charge in [-0.15, -0.1) is 0 Å². The van der Waals surface area contributed by atoms with Crippen molar-refractivity contribution in [3.63, 3.8) is 0 Å². The van der Waals surface area contributed by atoms with Crippen molar-refractivity contribution in [1.82, 2.24) is 0 Å². The number of benzene rings is 2. The van der Waals surface area contributed by atoms with Crippen molar-refractivity contribution in [3.05, 3.63) is 59.7 Å². The summed E-state index contributed by atoms with van der Waals surface area (Å²) in [4.78, 5) is 0. The fourth-order valence-corrected chi connectivity index (χ4v) is 2.60. The molecule has 26 heavy (non-hydrogen) atoms. The Bertz CT molecular complexity index is 649. The van der Waals surface area contributed by atoms with Gasteiger partial charge in [0.05, 0.1) is 0 Å². The van der Waals surface area contributed by atoms with Crippen molar-refractivity contribution in [2.24, 2.45) is 0 Å². The standard InChI is InChI=1S/C14H22O.C10H14O/c1-13(2,3)10-8-7-9-11(12(10)15)14(4,5)6;1-10(2,3)11-9-7-5-4-6-8-9/h7-9,15H,1-6H3;4-8H,1-3H3. The maximum atomic E-state index is 10.3. The van der Waals surface area contributed by atoms with Crippen LogP contribution < -0.4 is 4.74 Å². The van der Waals surface area contributed by atoms with Crippen LogP contribution in [0.25, 0.3) is 0 Å². The third-order valence-corrected chi connectivity index (χ3v) is 3.82. The first-order chi connectivity index (χ1) is 11.7. The molecule has 0 saturated heterocycles. The lowest BCUT2D eigenvalue weighted by Crippen LogP contribution is -2.22. The molecule has 0 atom stereocenters. The molecule has 2 aromatic rings. The summed E-state index contributed by atoms with van der Waals surface area (Å²) < 4.78 is 5.60. The van der Waals surface area contributed by atoms with Crippen LogP contribution in [-0.4, -0.2) is 10.7 Å². The van der Waals surface area contributed by atoms with Gasteiger partial charge in [-0.1, -0.05) is 77.9 Å². The van der Waals surface area contributed by atoms with E-state index >= 15 is 0 Å². The van der Waals surface area contributed by atoms with Crippen molar-refractivity contribution < 1.29 is 9.84 Å². The highest BCUT2D eigenvalue weighted by atomic mass is 16.5. The van der Waals surface area contributed by atoms with Crippen LogP contribution in [0.2, 0.25) is 0 Å². The van der Waals surface area contributed by atoms with Crippen molar-refractivity contribution in [1.29, 1.82) is 0 Å². The molecule has 144 valence electrons. The maximum Gasteiger partial charge on any atom is 0.123 e. The van der Waals surface area contributed by atoms with Gasteiger partial charge in [-0.25, -0.2) is 0 Å². The molecule has 0 spiro atoms. The Morgan fingerprint density at radius 3 is 1.38 bits per heavy atom. The molecule has 1 N–H and O–H groups in total. The molecular weight excluding hydrogens is 320 g/mol. The van der Waals surface area contributed by atoms with Crippen LogP contribution in [0.5, 0.6) is 11.5 Å². The molecule has 0 bridgehead atoms. The number of para-hydroxylation sites is 2. The van der Waals surface area contributed by atoms with Crippen molar-refractivity contribution in [3.8, 4) is 11.5 Å². The van der Waals surface area contributed by atoms with Crippen LogP contribution in [-0.2, 0) is 10.8 Å². The summed E-state index contributed by atoms with van der Waals surface area (Å²) in [6, 6.07) is 15.9. The summed E-state index contributed by atoms with van der Waals surface area (Å²) in [6.07, 6.45) is 0. The van der Waals surface area contributed by atoms with E-state index in [-0.39, 0.29) is 16.4 Å². The van der Waals surface area contributed by atoms with Crippen LogP contribution in [0.4, 0.5) is 0 Å². The normalized spacial score (nSPS) is 12.2. The third kappa shape index (κ3) is 7.11. The largest absolute Gasteiger partial charge is 0.507 e. The van der Waals surface area contributed by atoms with Gasteiger partial charge in [0.15, 0.2) is 0 Å². The van der Waals surface area contributed by atoms with E-state index < -0.39 is 0 Å². The Labute approximate surface area is 160 Å². The molecule has 0 aliphatic heterocycles. The van der Waals surface area contributed by atoms with E-state index in [4.69, 9.17) is 4.74 Å². The average molecular weight is 357 g/mol. The molecule has 2 heteroatoms. The van der Waals surface area contributed by atoms with Gasteiger partial charge in [-0.2, -0.15) is 0 Å². The van der Waals surface area contributed by atoms with Gasteiger partial charge < -0.3 is 9.84 Å². The van der Waals surface area contributed by atoms with Gasteiger partial charge in [-0.05, 0) is 54.9 Å². The number of rotatable bonds is 1. The highest BCUT2D eigenvalue weighted by molar-refractivity contribution is 5.46. The average Bonchev–Trinajstić information content (AvgIpc) is 2.45. The lowest BCUT2D eigenvalue weighted by molar-refractivity contribution is 0.131. The molecular formula is C24H36O2. The van der Waals surface area contributed by atoms with E-state index in [0.717, 1.165) is 16.9 Å². The smallest absolute Gasteiger partial charge is 0.123 e. The minimum absolute atomic E-state index is 0.00859. The first-order valence-electron chi connectivity index (χ1n) is 9.29. The summed E-state index contributed by atoms with van der Waals surface area (Å²) in [5, 5.41) is 10.3. The van der Waals surface area contributed by atoms with Gasteiger partial charge in [-0.3, -0.25) is 0 Å². The van der Waals surface area contributed by atoms with Gasteiger partial charge in [0.25, 0.3) is 0 Å². The molecule has 2 rings (SSSR count). The Morgan fingerprint density at radius 2 is 1.04 bits per heavy atom. The van der Waals surface area contributed by atoms with Crippen LogP contribution in [0.15, 0.2) is 48.5 Å². The Balaban J connectivity index is 0.000000273. The fourth-order valence-electron chi connectivity index (χ4n) is 2.60. The SMILES string of the molecule is CC(C)(C)Oc1ccccc1.CC(C)(C)c1cccc(C(C)(C)C)c1O.